The summed E-state index contributed by atoms with van der Waals surface area (Å²) in [6, 6.07) is 3.86. The lowest BCUT2D eigenvalue weighted by molar-refractivity contribution is -0.138. The maximum Gasteiger partial charge on any atom is 0.416 e. The molecule has 0 saturated carbocycles. The fraction of sp³-hybridized carbons (Fsp3) is 0.560. The summed E-state index contributed by atoms with van der Waals surface area (Å²) in [7, 11) is 0. The molecule has 190 valence electrons. The summed E-state index contributed by atoms with van der Waals surface area (Å²) in [5, 5.41) is 3.40. The number of halogens is 4. The molecule has 0 saturated heterocycles. The molecule has 0 aliphatic carbocycles. The van der Waals surface area contributed by atoms with E-state index in [9.17, 15) is 13.2 Å². The van der Waals surface area contributed by atoms with Crippen LogP contribution in [0.4, 0.5) is 19.0 Å². The third kappa shape index (κ3) is 9.22. The Morgan fingerprint density at radius 3 is 2.44 bits per heavy atom. The molecule has 34 heavy (non-hydrogen) atoms. The van der Waals surface area contributed by atoms with Crippen LogP contribution in [0, 0.1) is 6.92 Å². The van der Waals surface area contributed by atoms with Gasteiger partial charge >= 0.3 is 6.18 Å². The van der Waals surface area contributed by atoms with Crippen molar-refractivity contribution in [1.82, 2.24) is 9.97 Å². The van der Waals surface area contributed by atoms with Gasteiger partial charge in [0.25, 0.3) is 0 Å². The molecule has 2 rings (SSSR count). The standard InChI is InChI=1S/C23H31ClF3N3O.C2H4O/c1-5-13-31-14-8-7-12-20-17(6-2)21(30-22(24)29-20)28-16(4)18-10-9-11-19(15(18)3)23(25,26)27;1-2-3/h9-11,16H,5-8,12-14H2,1-4H3,(H,28,29,30);2H,1H3. The minimum atomic E-state index is -4.39. The molecule has 0 amide bonds. The molecule has 1 heterocycles. The van der Waals surface area contributed by atoms with Gasteiger partial charge in [0.15, 0.2) is 0 Å². The van der Waals surface area contributed by atoms with Crippen molar-refractivity contribution in [2.75, 3.05) is 18.5 Å². The molecule has 5 nitrogen and oxygen atoms in total. The largest absolute Gasteiger partial charge is 0.416 e. The molecule has 1 atom stereocenters. The molecule has 1 N–H and O–H groups in total. The normalized spacial score (nSPS) is 12.0. The van der Waals surface area contributed by atoms with Crippen molar-refractivity contribution in [3.8, 4) is 0 Å². The number of carbonyl (C=O) groups excluding carboxylic acids is 1. The van der Waals surface area contributed by atoms with E-state index in [2.05, 4.69) is 22.2 Å². The number of aryl methyl sites for hydroxylation is 1. The second-order valence-corrected chi connectivity index (χ2v) is 8.15. The van der Waals surface area contributed by atoms with Crippen molar-refractivity contribution in [1.29, 1.82) is 0 Å². The zero-order valence-electron chi connectivity index (χ0n) is 20.6. The van der Waals surface area contributed by atoms with Crippen LogP contribution in [0.1, 0.15) is 80.9 Å². The number of nitrogens with one attached hydrogen (secondary N) is 1. The van der Waals surface area contributed by atoms with Gasteiger partial charge in [0.2, 0.25) is 5.28 Å². The van der Waals surface area contributed by atoms with Gasteiger partial charge in [-0.05, 0) is 81.7 Å². The number of unbranched alkanes of at least 4 members (excludes halogenated alkanes) is 1. The van der Waals surface area contributed by atoms with E-state index in [4.69, 9.17) is 21.1 Å². The molecule has 2 aromatic rings. The fourth-order valence-corrected chi connectivity index (χ4v) is 3.84. The van der Waals surface area contributed by atoms with E-state index >= 15 is 0 Å². The average molecular weight is 502 g/mol. The van der Waals surface area contributed by atoms with E-state index in [0.717, 1.165) is 55.9 Å². The molecule has 0 bridgehead atoms. The molecule has 0 spiro atoms. The number of benzene rings is 1. The molecular weight excluding hydrogens is 467 g/mol. The highest BCUT2D eigenvalue weighted by Gasteiger charge is 2.33. The summed E-state index contributed by atoms with van der Waals surface area (Å²) in [5.74, 6) is 0.573. The van der Waals surface area contributed by atoms with Crippen LogP contribution in [0.2, 0.25) is 5.28 Å². The Morgan fingerprint density at radius 1 is 1.18 bits per heavy atom. The van der Waals surface area contributed by atoms with Gasteiger partial charge < -0.3 is 14.8 Å². The van der Waals surface area contributed by atoms with Gasteiger partial charge in [-0.1, -0.05) is 26.0 Å². The Kier molecular flexibility index (Phi) is 13.1. The van der Waals surface area contributed by atoms with E-state index in [1.54, 1.807) is 6.07 Å². The highest BCUT2D eigenvalue weighted by Crippen LogP contribution is 2.35. The van der Waals surface area contributed by atoms with Crippen LogP contribution < -0.4 is 5.32 Å². The van der Waals surface area contributed by atoms with Crippen LogP contribution in [-0.4, -0.2) is 29.5 Å². The molecule has 9 heteroatoms. The second kappa shape index (κ2) is 14.9. The van der Waals surface area contributed by atoms with Crippen LogP contribution in [0.3, 0.4) is 0 Å². The van der Waals surface area contributed by atoms with Crippen LogP contribution >= 0.6 is 11.6 Å². The fourth-order valence-electron chi connectivity index (χ4n) is 3.65. The van der Waals surface area contributed by atoms with Crippen molar-refractivity contribution in [2.45, 2.75) is 78.9 Å². The number of anilines is 1. The SMILES string of the molecule is CC=O.CCCOCCCCc1nc(Cl)nc(NC(C)c2cccc(C(F)(F)F)c2C)c1CC. The highest BCUT2D eigenvalue weighted by atomic mass is 35.5. The molecule has 0 radical (unpaired) electrons. The topological polar surface area (TPSA) is 64.1 Å². The number of ether oxygens (including phenoxy) is 1. The van der Waals surface area contributed by atoms with E-state index in [1.165, 1.54) is 19.9 Å². The minimum Gasteiger partial charge on any atom is -0.381 e. The number of hydrogen-bond donors (Lipinski definition) is 1. The number of hydrogen-bond acceptors (Lipinski definition) is 5. The van der Waals surface area contributed by atoms with Crippen LogP contribution in [0.25, 0.3) is 0 Å². The summed E-state index contributed by atoms with van der Waals surface area (Å²) in [5.41, 5.74) is 1.96. The predicted octanol–water partition coefficient (Wildman–Crippen LogP) is 7.15. The monoisotopic (exact) mass is 501 g/mol. The minimum absolute atomic E-state index is 0.130. The van der Waals surface area contributed by atoms with Crippen molar-refractivity contribution in [3.05, 3.63) is 51.4 Å². The molecule has 1 unspecified atom stereocenters. The summed E-state index contributed by atoms with van der Waals surface area (Å²) >= 11 is 6.17. The first kappa shape index (κ1) is 29.8. The van der Waals surface area contributed by atoms with Gasteiger partial charge in [-0.2, -0.15) is 13.2 Å². The van der Waals surface area contributed by atoms with Gasteiger partial charge in [-0.15, -0.1) is 0 Å². The molecular formula is C25H35ClF3N3O2. The maximum absolute atomic E-state index is 13.3. The molecule has 0 aliphatic heterocycles. The number of nitrogens with zero attached hydrogens (tertiary/aromatic N) is 2. The number of carbonyl (C=O) groups is 1. The van der Waals surface area contributed by atoms with E-state index in [1.807, 2.05) is 13.8 Å². The highest BCUT2D eigenvalue weighted by molar-refractivity contribution is 6.28. The van der Waals surface area contributed by atoms with Crippen LogP contribution in [0.15, 0.2) is 18.2 Å². The first-order chi connectivity index (χ1) is 16.1. The van der Waals surface area contributed by atoms with E-state index < -0.39 is 11.7 Å². The Morgan fingerprint density at radius 2 is 1.85 bits per heavy atom. The van der Waals surface area contributed by atoms with Gasteiger partial charge in [0, 0.05) is 18.8 Å². The predicted molar refractivity (Wildman–Crippen MR) is 130 cm³/mol. The Balaban J connectivity index is 0.00000182. The zero-order chi connectivity index (χ0) is 25.7. The summed E-state index contributed by atoms with van der Waals surface area (Å²) in [6.07, 6.45) is 0.627. The Bertz CT molecular complexity index is 908. The second-order valence-electron chi connectivity index (χ2n) is 7.81. The lowest BCUT2D eigenvalue weighted by Gasteiger charge is -2.22. The summed E-state index contributed by atoms with van der Waals surface area (Å²) in [4.78, 5) is 17.5. The first-order valence-corrected chi connectivity index (χ1v) is 11.9. The Hall–Kier alpha value is -2.19. The van der Waals surface area contributed by atoms with Crippen molar-refractivity contribution in [3.63, 3.8) is 0 Å². The third-order valence-electron chi connectivity index (χ3n) is 5.22. The zero-order valence-corrected chi connectivity index (χ0v) is 21.3. The van der Waals surface area contributed by atoms with Crippen LogP contribution in [0.5, 0.6) is 0 Å². The van der Waals surface area contributed by atoms with Crippen molar-refractivity contribution >= 4 is 23.7 Å². The summed E-state index contributed by atoms with van der Waals surface area (Å²) < 4.78 is 45.4. The average Bonchev–Trinajstić information content (AvgIpc) is 2.76. The van der Waals surface area contributed by atoms with E-state index in [0.29, 0.717) is 24.4 Å². The Labute approximate surface area is 205 Å². The van der Waals surface area contributed by atoms with Crippen LogP contribution in [-0.2, 0) is 28.5 Å². The number of aromatic nitrogens is 2. The molecule has 1 aromatic carbocycles. The molecule has 0 fully saturated rings. The molecule has 1 aromatic heterocycles. The third-order valence-corrected chi connectivity index (χ3v) is 5.39. The quantitative estimate of drug-likeness (QED) is 0.201. The number of alkyl halides is 3. The van der Waals surface area contributed by atoms with Crippen molar-refractivity contribution < 1.29 is 22.7 Å². The summed E-state index contributed by atoms with van der Waals surface area (Å²) in [6.45, 7) is 10.3. The van der Waals surface area contributed by atoms with Gasteiger partial charge in [-0.3, -0.25) is 0 Å². The molecule has 0 aliphatic rings. The van der Waals surface area contributed by atoms with Gasteiger partial charge in [-0.25, -0.2) is 9.97 Å². The van der Waals surface area contributed by atoms with Crippen molar-refractivity contribution in [2.24, 2.45) is 0 Å². The lowest BCUT2D eigenvalue weighted by Crippen LogP contribution is -2.16. The van der Waals surface area contributed by atoms with Gasteiger partial charge in [0.1, 0.15) is 12.1 Å². The smallest absolute Gasteiger partial charge is 0.381 e. The lowest BCUT2D eigenvalue weighted by atomic mass is 9.97. The number of aldehydes is 1. The first-order valence-electron chi connectivity index (χ1n) is 11.6. The van der Waals surface area contributed by atoms with Gasteiger partial charge in [0.05, 0.1) is 17.3 Å². The number of rotatable bonds is 11. The maximum atomic E-state index is 13.3. The van der Waals surface area contributed by atoms with E-state index in [-0.39, 0.29) is 16.9 Å².